The van der Waals surface area contributed by atoms with Crippen molar-refractivity contribution in [1.29, 1.82) is 0 Å². The van der Waals surface area contributed by atoms with Crippen molar-refractivity contribution in [2.24, 2.45) is 0 Å². The molecule has 0 unspecified atom stereocenters. The van der Waals surface area contributed by atoms with E-state index in [9.17, 15) is 26.4 Å². The van der Waals surface area contributed by atoms with Gasteiger partial charge in [0, 0.05) is 18.7 Å². The molecule has 0 fully saturated rings. The maximum absolute atomic E-state index is 13.0. The monoisotopic (exact) mass is 530 g/mol. The number of amides is 1. The van der Waals surface area contributed by atoms with Crippen LogP contribution < -0.4 is 9.62 Å². The van der Waals surface area contributed by atoms with Gasteiger partial charge in [0.15, 0.2) is 4.34 Å². The summed E-state index contributed by atoms with van der Waals surface area (Å²) in [6, 6.07) is 13.9. The maximum Gasteiger partial charge on any atom is 0.416 e. The summed E-state index contributed by atoms with van der Waals surface area (Å²) in [4.78, 5) is 12.3. The lowest BCUT2D eigenvalue weighted by Gasteiger charge is -2.23. The summed E-state index contributed by atoms with van der Waals surface area (Å²) in [5.74, 6) is 0.313. The van der Waals surface area contributed by atoms with E-state index < -0.39 is 27.7 Å². The third kappa shape index (κ3) is 7.71. The fraction of sp³-hybridized carbons (Fsp3) is 0.286. The number of sulfonamides is 1. The van der Waals surface area contributed by atoms with Crippen LogP contribution in [0.15, 0.2) is 58.9 Å². The second-order valence-electron chi connectivity index (χ2n) is 7.18. The van der Waals surface area contributed by atoms with Crippen molar-refractivity contribution < 1.29 is 26.4 Å². The quantitative estimate of drug-likeness (QED) is 0.292. The molecular weight excluding hydrogens is 509 g/mol. The standard InChI is InChI=1S/C21H21F3N4O3S3/c1-34(30,31)28(17-10-5-9-16(13-17)21(22,23)24)12-6-11-18(29)25-19-26-27-20(33-19)32-14-15-7-3-2-4-8-15/h2-5,7-10,13H,6,11-12,14H2,1H3,(H,25,26,29). The first-order valence-corrected chi connectivity index (χ1v) is 13.6. The molecule has 7 nitrogen and oxygen atoms in total. The van der Waals surface area contributed by atoms with E-state index in [1.807, 2.05) is 30.3 Å². The summed E-state index contributed by atoms with van der Waals surface area (Å²) >= 11 is 2.71. The molecule has 3 rings (SSSR count). The van der Waals surface area contributed by atoms with Crippen LogP contribution in [0.25, 0.3) is 0 Å². The fourth-order valence-electron chi connectivity index (χ4n) is 2.93. The van der Waals surface area contributed by atoms with E-state index in [4.69, 9.17) is 0 Å². The molecule has 0 saturated carbocycles. The van der Waals surface area contributed by atoms with Crippen molar-refractivity contribution in [2.75, 3.05) is 22.4 Å². The third-order valence-electron chi connectivity index (χ3n) is 4.48. The normalized spacial score (nSPS) is 11.9. The van der Waals surface area contributed by atoms with Gasteiger partial charge in [0.25, 0.3) is 0 Å². The third-order valence-corrected chi connectivity index (χ3v) is 7.72. The zero-order valence-electron chi connectivity index (χ0n) is 17.9. The van der Waals surface area contributed by atoms with Crippen molar-refractivity contribution in [2.45, 2.75) is 29.1 Å². The van der Waals surface area contributed by atoms with Crippen molar-refractivity contribution >= 4 is 49.8 Å². The van der Waals surface area contributed by atoms with E-state index in [1.165, 1.54) is 29.2 Å². The fourth-order valence-corrected chi connectivity index (χ4v) is 5.61. The van der Waals surface area contributed by atoms with E-state index >= 15 is 0 Å². The summed E-state index contributed by atoms with van der Waals surface area (Å²) in [6.07, 6.45) is -3.64. The highest BCUT2D eigenvalue weighted by Gasteiger charge is 2.31. The van der Waals surface area contributed by atoms with Gasteiger partial charge in [0.1, 0.15) is 0 Å². The van der Waals surface area contributed by atoms with Gasteiger partial charge in [-0.15, -0.1) is 10.2 Å². The number of hydrogen-bond acceptors (Lipinski definition) is 7. The Balaban J connectivity index is 1.53. The van der Waals surface area contributed by atoms with E-state index in [2.05, 4.69) is 15.5 Å². The van der Waals surface area contributed by atoms with Gasteiger partial charge < -0.3 is 5.32 Å². The van der Waals surface area contributed by atoms with Crippen LogP contribution in [0.5, 0.6) is 0 Å². The molecular formula is C21H21F3N4O3S3. The van der Waals surface area contributed by atoms with Gasteiger partial charge in [-0.2, -0.15) is 13.2 Å². The highest BCUT2D eigenvalue weighted by molar-refractivity contribution is 8.00. The van der Waals surface area contributed by atoms with Crippen LogP contribution in [-0.4, -0.2) is 37.3 Å². The first-order valence-electron chi connectivity index (χ1n) is 9.97. The lowest BCUT2D eigenvalue weighted by Crippen LogP contribution is -2.31. The van der Waals surface area contributed by atoms with Crippen LogP contribution in [0.4, 0.5) is 24.0 Å². The minimum atomic E-state index is -4.60. The molecule has 2 aromatic carbocycles. The minimum Gasteiger partial charge on any atom is -0.301 e. The van der Waals surface area contributed by atoms with E-state index in [0.717, 1.165) is 34.3 Å². The predicted molar refractivity (Wildman–Crippen MR) is 127 cm³/mol. The second-order valence-corrected chi connectivity index (χ2v) is 11.3. The van der Waals surface area contributed by atoms with Gasteiger partial charge in [0.2, 0.25) is 21.1 Å². The van der Waals surface area contributed by atoms with Crippen LogP contribution in [-0.2, 0) is 26.7 Å². The Morgan fingerprint density at radius 2 is 1.85 bits per heavy atom. The Labute approximate surface area is 203 Å². The molecule has 0 saturated heterocycles. The molecule has 0 aliphatic carbocycles. The summed E-state index contributed by atoms with van der Waals surface area (Å²) in [7, 11) is -3.85. The van der Waals surface area contributed by atoms with E-state index in [0.29, 0.717) is 15.2 Å². The second kappa shape index (κ2) is 11.2. The number of nitrogens with one attached hydrogen (secondary N) is 1. The van der Waals surface area contributed by atoms with Gasteiger partial charge in [-0.1, -0.05) is 59.5 Å². The number of alkyl halides is 3. The molecule has 0 bridgehead atoms. The minimum absolute atomic E-state index is 0.0446. The highest BCUT2D eigenvalue weighted by Crippen LogP contribution is 2.32. The summed E-state index contributed by atoms with van der Waals surface area (Å²) in [5.41, 5.74) is 0.0695. The average Bonchev–Trinajstić information content (AvgIpc) is 3.22. The summed E-state index contributed by atoms with van der Waals surface area (Å²) < 4.78 is 64.8. The molecule has 0 atom stereocenters. The number of anilines is 2. The Morgan fingerprint density at radius 1 is 1.12 bits per heavy atom. The van der Waals surface area contributed by atoms with Crippen LogP contribution in [0.3, 0.4) is 0 Å². The van der Waals surface area contributed by atoms with Gasteiger partial charge in [0.05, 0.1) is 17.5 Å². The number of hydrogen-bond donors (Lipinski definition) is 1. The number of thioether (sulfide) groups is 1. The molecule has 3 aromatic rings. The van der Waals surface area contributed by atoms with Gasteiger partial charge in [-0.25, -0.2) is 8.42 Å². The molecule has 13 heteroatoms. The molecule has 0 spiro atoms. The van der Waals surface area contributed by atoms with Crippen LogP contribution in [0, 0.1) is 0 Å². The zero-order chi connectivity index (χ0) is 24.8. The first-order chi connectivity index (χ1) is 16.0. The van der Waals surface area contributed by atoms with Gasteiger partial charge in [-0.05, 0) is 30.2 Å². The van der Waals surface area contributed by atoms with Crippen LogP contribution >= 0.6 is 23.1 Å². The Kier molecular flexibility index (Phi) is 8.55. The molecule has 1 aromatic heterocycles. The van der Waals surface area contributed by atoms with Crippen molar-refractivity contribution in [3.8, 4) is 0 Å². The molecule has 182 valence electrons. The molecule has 0 aliphatic heterocycles. The molecule has 1 heterocycles. The zero-order valence-corrected chi connectivity index (χ0v) is 20.4. The number of halogens is 3. The number of nitrogens with zero attached hydrogens (tertiary/aromatic N) is 3. The molecule has 1 N–H and O–H groups in total. The van der Waals surface area contributed by atoms with Crippen molar-refractivity contribution in [3.63, 3.8) is 0 Å². The van der Waals surface area contributed by atoms with Gasteiger partial charge in [-0.3, -0.25) is 9.10 Å². The molecule has 34 heavy (non-hydrogen) atoms. The SMILES string of the molecule is CS(=O)(=O)N(CCCC(=O)Nc1nnc(SCc2ccccc2)s1)c1cccc(C(F)(F)F)c1. The Morgan fingerprint density at radius 3 is 2.53 bits per heavy atom. The molecule has 0 radical (unpaired) electrons. The highest BCUT2D eigenvalue weighted by atomic mass is 32.2. The Hall–Kier alpha value is -2.64. The Bertz CT molecular complexity index is 1220. The average molecular weight is 531 g/mol. The lowest BCUT2D eigenvalue weighted by atomic mass is 10.2. The first kappa shape index (κ1) is 26.0. The lowest BCUT2D eigenvalue weighted by molar-refractivity contribution is -0.137. The largest absolute Gasteiger partial charge is 0.416 e. The topological polar surface area (TPSA) is 92.3 Å². The van der Waals surface area contributed by atoms with Gasteiger partial charge >= 0.3 is 6.18 Å². The summed E-state index contributed by atoms with van der Waals surface area (Å²) in [6.45, 7) is -0.151. The molecule has 1 amide bonds. The number of aromatic nitrogens is 2. The smallest absolute Gasteiger partial charge is 0.301 e. The number of carbonyl (C=O) groups is 1. The van der Waals surface area contributed by atoms with Crippen molar-refractivity contribution in [3.05, 3.63) is 65.7 Å². The number of carbonyl (C=O) groups excluding carboxylic acids is 1. The number of rotatable bonds is 10. The number of benzene rings is 2. The maximum atomic E-state index is 13.0. The van der Waals surface area contributed by atoms with Crippen LogP contribution in [0.2, 0.25) is 0 Å². The van der Waals surface area contributed by atoms with E-state index in [1.54, 1.807) is 0 Å². The van der Waals surface area contributed by atoms with Crippen molar-refractivity contribution in [1.82, 2.24) is 10.2 Å². The summed E-state index contributed by atoms with van der Waals surface area (Å²) in [5, 5.41) is 10.9. The van der Waals surface area contributed by atoms with E-state index in [-0.39, 0.29) is 25.1 Å². The van der Waals surface area contributed by atoms with Crippen LogP contribution in [0.1, 0.15) is 24.0 Å². The predicted octanol–water partition coefficient (Wildman–Crippen LogP) is 5.03. The molecule has 0 aliphatic rings.